The second-order valence-electron chi connectivity index (χ2n) is 5.76. The summed E-state index contributed by atoms with van der Waals surface area (Å²) in [6.45, 7) is 6.52. The zero-order valence-corrected chi connectivity index (χ0v) is 13.2. The Morgan fingerprint density at radius 1 is 1.25 bits per heavy atom. The molecule has 1 N–H and O–H groups in total. The zero-order chi connectivity index (χ0) is 15.6. The summed E-state index contributed by atoms with van der Waals surface area (Å²) >= 11 is 2.84. The quantitative estimate of drug-likeness (QED) is 0.844. The fraction of sp³-hybridized carbons (Fsp3) is 0.500. The van der Waals surface area contributed by atoms with Crippen LogP contribution in [0.3, 0.4) is 0 Å². The highest BCUT2D eigenvalue weighted by Crippen LogP contribution is 2.35. The van der Waals surface area contributed by atoms with Gasteiger partial charge in [0, 0.05) is 16.6 Å². The number of alkyl halides is 3. The maximum atomic E-state index is 12.7. The largest absolute Gasteiger partial charge is 0.417 e. The summed E-state index contributed by atoms with van der Waals surface area (Å²) in [6, 6.07) is 3.46. The molecule has 0 aliphatic carbocycles. The molecule has 0 heterocycles. The molecule has 6 heteroatoms. The van der Waals surface area contributed by atoms with Crippen LogP contribution in [0.25, 0.3) is 0 Å². The Labute approximate surface area is 124 Å². The number of amides is 1. The van der Waals surface area contributed by atoms with Crippen molar-refractivity contribution in [2.75, 3.05) is 6.54 Å². The van der Waals surface area contributed by atoms with E-state index in [2.05, 4.69) is 21.2 Å². The zero-order valence-electron chi connectivity index (χ0n) is 11.6. The van der Waals surface area contributed by atoms with E-state index in [1.54, 1.807) is 0 Å². The third-order valence-corrected chi connectivity index (χ3v) is 3.39. The third-order valence-electron chi connectivity index (χ3n) is 2.69. The van der Waals surface area contributed by atoms with Gasteiger partial charge in [-0.25, -0.2) is 0 Å². The van der Waals surface area contributed by atoms with E-state index >= 15 is 0 Å². The molecule has 20 heavy (non-hydrogen) atoms. The molecule has 0 unspecified atom stereocenters. The lowest BCUT2D eigenvalue weighted by Gasteiger charge is -2.18. The van der Waals surface area contributed by atoms with E-state index in [9.17, 15) is 18.0 Å². The van der Waals surface area contributed by atoms with Gasteiger partial charge in [0.25, 0.3) is 5.91 Å². The van der Waals surface area contributed by atoms with Gasteiger partial charge in [-0.1, -0.05) is 36.7 Å². The summed E-state index contributed by atoms with van der Waals surface area (Å²) in [7, 11) is 0. The molecule has 0 saturated heterocycles. The highest BCUT2D eigenvalue weighted by molar-refractivity contribution is 9.10. The summed E-state index contributed by atoms with van der Waals surface area (Å²) in [4.78, 5) is 11.8. The van der Waals surface area contributed by atoms with E-state index in [4.69, 9.17) is 0 Å². The summed E-state index contributed by atoms with van der Waals surface area (Å²) in [5, 5.41) is 2.63. The molecular formula is C14H17BrF3NO. The minimum absolute atomic E-state index is 0.00874. The molecule has 0 atom stereocenters. The number of carbonyl (C=O) groups is 1. The SMILES string of the molecule is CC(C)(C)CCNC(=O)c1ccc(Br)c(C(F)(F)F)c1. The van der Waals surface area contributed by atoms with Crippen molar-refractivity contribution in [1.82, 2.24) is 5.32 Å². The first kappa shape index (κ1) is 17.0. The normalized spacial score (nSPS) is 12.3. The first-order valence-corrected chi connectivity index (χ1v) is 6.95. The van der Waals surface area contributed by atoms with Gasteiger partial charge in [-0.15, -0.1) is 0 Å². The van der Waals surface area contributed by atoms with Crippen molar-refractivity contribution in [1.29, 1.82) is 0 Å². The minimum Gasteiger partial charge on any atom is -0.352 e. The maximum Gasteiger partial charge on any atom is 0.417 e. The molecule has 0 bridgehead atoms. The van der Waals surface area contributed by atoms with Gasteiger partial charge in [0.15, 0.2) is 0 Å². The molecule has 1 rings (SSSR count). The van der Waals surface area contributed by atoms with Crippen LogP contribution in [0, 0.1) is 5.41 Å². The smallest absolute Gasteiger partial charge is 0.352 e. The van der Waals surface area contributed by atoms with Crippen LogP contribution in [0.2, 0.25) is 0 Å². The molecule has 0 saturated carbocycles. The number of hydrogen-bond acceptors (Lipinski definition) is 1. The number of carbonyl (C=O) groups excluding carboxylic acids is 1. The van der Waals surface area contributed by atoms with E-state index in [1.165, 1.54) is 12.1 Å². The average Bonchev–Trinajstić information content (AvgIpc) is 2.26. The Bertz CT molecular complexity index is 492. The molecule has 1 aromatic rings. The Balaban J connectivity index is 2.80. The maximum absolute atomic E-state index is 12.7. The highest BCUT2D eigenvalue weighted by atomic mass is 79.9. The number of benzene rings is 1. The third kappa shape index (κ3) is 5.15. The predicted molar refractivity (Wildman–Crippen MR) is 75.5 cm³/mol. The summed E-state index contributed by atoms with van der Waals surface area (Å²) < 4.78 is 38.1. The van der Waals surface area contributed by atoms with E-state index in [0.717, 1.165) is 12.5 Å². The molecule has 112 valence electrons. The van der Waals surface area contributed by atoms with Gasteiger partial charge in [-0.2, -0.15) is 13.2 Å². The van der Waals surface area contributed by atoms with Crippen LogP contribution in [0.1, 0.15) is 43.1 Å². The monoisotopic (exact) mass is 351 g/mol. The average molecular weight is 352 g/mol. The lowest BCUT2D eigenvalue weighted by Crippen LogP contribution is -2.27. The number of hydrogen-bond donors (Lipinski definition) is 1. The van der Waals surface area contributed by atoms with Crippen LogP contribution in [0.5, 0.6) is 0 Å². The van der Waals surface area contributed by atoms with Crippen LogP contribution >= 0.6 is 15.9 Å². The van der Waals surface area contributed by atoms with E-state index in [-0.39, 0.29) is 15.5 Å². The fourth-order valence-electron chi connectivity index (χ4n) is 1.54. The van der Waals surface area contributed by atoms with Crippen molar-refractivity contribution in [3.8, 4) is 0 Å². The number of rotatable bonds is 3. The van der Waals surface area contributed by atoms with Crippen molar-refractivity contribution >= 4 is 21.8 Å². The molecule has 0 radical (unpaired) electrons. The van der Waals surface area contributed by atoms with Crippen LogP contribution in [0.15, 0.2) is 22.7 Å². The summed E-state index contributed by atoms with van der Waals surface area (Å²) in [5.41, 5.74) is -0.778. The van der Waals surface area contributed by atoms with Gasteiger partial charge < -0.3 is 5.32 Å². The van der Waals surface area contributed by atoms with Crippen molar-refractivity contribution in [2.45, 2.75) is 33.4 Å². The van der Waals surface area contributed by atoms with Gasteiger partial charge in [0.1, 0.15) is 0 Å². The second-order valence-corrected chi connectivity index (χ2v) is 6.61. The molecule has 0 spiro atoms. The molecule has 1 aromatic carbocycles. The second kappa shape index (κ2) is 6.16. The Hall–Kier alpha value is -1.04. The molecule has 0 aromatic heterocycles. The van der Waals surface area contributed by atoms with E-state index < -0.39 is 17.6 Å². The van der Waals surface area contributed by atoms with Crippen molar-refractivity contribution in [2.24, 2.45) is 5.41 Å². The fourth-order valence-corrected chi connectivity index (χ4v) is 2.01. The highest BCUT2D eigenvalue weighted by Gasteiger charge is 2.33. The molecule has 0 aliphatic heterocycles. The first-order chi connectivity index (χ1) is 9.00. The van der Waals surface area contributed by atoms with E-state index in [0.29, 0.717) is 6.54 Å². The van der Waals surface area contributed by atoms with Crippen molar-refractivity contribution < 1.29 is 18.0 Å². The number of halogens is 4. The minimum atomic E-state index is -4.49. The van der Waals surface area contributed by atoms with Crippen LogP contribution in [-0.2, 0) is 6.18 Å². The molecule has 0 aliphatic rings. The van der Waals surface area contributed by atoms with Gasteiger partial charge >= 0.3 is 6.18 Å². The van der Waals surface area contributed by atoms with Gasteiger partial charge in [-0.05, 0) is 30.0 Å². The summed E-state index contributed by atoms with van der Waals surface area (Å²) in [6.07, 6.45) is -3.73. The number of nitrogens with one attached hydrogen (secondary N) is 1. The first-order valence-electron chi connectivity index (χ1n) is 6.16. The van der Waals surface area contributed by atoms with E-state index in [1.807, 2.05) is 20.8 Å². The Morgan fingerprint density at radius 2 is 1.85 bits per heavy atom. The van der Waals surface area contributed by atoms with Gasteiger partial charge in [0.2, 0.25) is 0 Å². The lowest BCUT2D eigenvalue weighted by atomic mass is 9.92. The molecular weight excluding hydrogens is 335 g/mol. The van der Waals surface area contributed by atoms with Gasteiger partial charge in [0.05, 0.1) is 5.56 Å². The van der Waals surface area contributed by atoms with Crippen LogP contribution < -0.4 is 5.32 Å². The molecule has 0 fully saturated rings. The Morgan fingerprint density at radius 3 is 2.35 bits per heavy atom. The molecule has 1 amide bonds. The Kier molecular flexibility index (Phi) is 5.24. The predicted octanol–water partition coefficient (Wildman–Crippen LogP) is 4.63. The van der Waals surface area contributed by atoms with Crippen molar-refractivity contribution in [3.05, 3.63) is 33.8 Å². The lowest BCUT2D eigenvalue weighted by molar-refractivity contribution is -0.138. The summed E-state index contributed by atoms with van der Waals surface area (Å²) in [5.74, 6) is -0.493. The van der Waals surface area contributed by atoms with Crippen LogP contribution in [-0.4, -0.2) is 12.5 Å². The molecule has 2 nitrogen and oxygen atoms in total. The van der Waals surface area contributed by atoms with Crippen LogP contribution in [0.4, 0.5) is 13.2 Å². The topological polar surface area (TPSA) is 29.1 Å². The standard InChI is InChI=1S/C14H17BrF3NO/c1-13(2,3)6-7-19-12(20)9-4-5-11(15)10(8-9)14(16,17)18/h4-5,8H,6-7H2,1-3H3,(H,19,20). The van der Waals surface area contributed by atoms with Crippen molar-refractivity contribution in [3.63, 3.8) is 0 Å². The van der Waals surface area contributed by atoms with Gasteiger partial charge in [-0.3, -0.25) is 4.79 Å².